The molecule has 1 atom stereocenters. The maximum absolute atomic E-state index is 5.92. The highest BCUT2D eigenvalue weighted by Gasteiger charge is 2.11. The second kappa shape index (κ2) is 6.91. The van der Waals surface area contributed by atoms with Crippen LogP contribution in [0.1, 0.15) is 36.9 Å². The van der Waals surface area contributed by atoms with E-state index >= 15 is 0 Å². The first-order chi connectivity index (χ1) is 9.61. The van der Waals surface area contributed by atoms with Crippen molar-refractivity contribution >= 4 is 21.6 Å². The van der Waals surface area contributed by atoms with E-state index in [0.717, 1.165) is 10.2 Å². The molecule has 20 heavy (non-hydrogen) atoms. The summed E-state index contributed by atoms with van der Waals surface area (Å²) in [5, 5.41) is 3.49. The minimum Gasteiger partial charge on any atom is -0.376 e. The summed E-state index contributed by atoms with van der Waals surface area (Å²) in [5.41, 5.74) is 9.56. The predicted octanol–water partition coefficient (Wildman–Crippen LogP) is 4.68. The van der Waals surface area contributed by atoms with Crippen LogP contribution >= 0.6 is 15.9 Å². The zero-order valence-corrected chi connectivity index (χ0v) is 13.5. The molecule has 3 heteroatoms. The molecule has 0 amide bonds. The van der Waals surface area contributed by atoms with Crippen molar-refractivity contribution in [2.24, 2.45) is 5.73 Å². The Bertz CT molecular complexity index is 549. The first-order valence-corrected chi connectivity index (χ1v) is 7.72. The van der Waals surface area contributed by atoms with E-state index in [1.807, 2.05) is 18.2 Å². The largest absolute Gasteiger partial charge is 0.376 e. The van der Waals surface area contributed by atoms with Gasteiger partial charge in [0.05, 0.1) is 6.04 Å². The summed E-state index contributed by atoms with van der Waals surface area (Å²) in [6.07, 6.45) is 0. The van der Waals surface area contributed by atoms with Crippen molar-refractivity contribution < 1.29 is 0 Å². The number of nitrogens with two attached hydrogens (primary N) is 1. The fraction of sp³-hybridized carbons (Fsp3) is 0.294. The van der Waals surface area contributed by atoms with Crippen LogP contribution in [0.3, 0.4) is 0 Å². The van der Waals surface area contributed by atoms with Gasteiger partial charge in [-0.25, -0.2) is 0 Å². The van der Waals surface area contributed by atoms with Gasteiger partial charge in [0.25, 0.3) is 0 Å². The lowest BCUT2D eigenvalue weighted by atomic mass is 9.99. The lowest BCUT2D eigenvalue weighted by Gasteiger charge is -2.20. The molecule has 106 valence electrons. The van der Waals surface area contributed by atoms with Crippen LogP contribution in [-0.2, 0) is 0 Å². The molecule has 0 fully saturated rings. The van der Waals surface area contributed by atoms with E-state index in [4.69, 9.17) is 5.73 Å². The molecule has 0 spiro atoms. The zero-order valence-electron chi connectivity index (χ0n) is 11.9. The Hall–Kier alpha value is -1.32. The van der Waals surface area contributed by atoms with Crippen molar-refractivity contribution in [3.05, 3.63) is 64.1 Å². The number of nitrogens with one attached hydrogen (secondary N) is 1. The van der Waals surface area contributed by atoms with E-state index in [1.165, 1.54) is 11.1 Å². The smallest absolute Gasteiger partial charge is 0.0636 e. The molecule has 2 aromatic carbocycles. The summed E-state index contributed by atoms with van der Waals surface area (Å²) >= 11 is 3.55. The van der Waals surface area contributed by atoms with Gasteiger partial charge in [-0.05, 0) is 45.1 Å². The fourth-order valence-corrected chi connectivity index (χ4v) is 2.56. The summed E-state index contributed by atoms with van der Waals surface area (Å²) in [5.74, 6) is 0.552. The first-order valence-electron chi connectivity index (χ1n) is 6.92. The van der Waals surface area contributed by atoms with Crippen molar-refractivity contribution in [1.82, 2.24) is 0 Å². The van der Waals surface area contributed by atoms with Crippen molar-refractivity contribution in [2.75, 3.05) is 11.9 Å². The maximum atomic E-state index is 5.92. The van der Waals surface area contributed by atoms with E-state index in [0.29, 0.717) is 12.5 Å². The van der Waals surface area contributed by atoms with Crippen LogP contribution in [-0.4, -0.2) is 6.54 Å². The minimum absolute atomic E-state index is 0.120. The van der Waals surface area contributed by atoms with Crippen molar-refractivity contribution in [3.8, 4) is 0 Å². The van der Waals surface area contributed by atoms with Crippen LogP contribution in [0.15, 0.2) is 53.0 Å². The van der Waals surface area contributed by atoms with E-state index in [1.54, 1.807) is 0 Å². The standard InChI is InChI=1S/C17H21BrN2/c1-12(2)13-7-9-14(10-8-13)17(11-19)20-16-6-4-3-5-15(16)18/h3-10,12,17,20H,11,19H2,1-2H3. The molecule has 0 saturated heterocycles. The average Bonchev–Trinajstić information content (AvgIpc) is 2.46. The molecule has 0 bridgehead atoms. The Kier molecular flexibility index (Phi) is 5.21. The molecule has 0 saturated carbocycles. The molecule has 0 aliphatic rings. The summed E-state index contributed by atoms with van der Waals surface area (Å²) in [7, 11) is 0. The molecule has 1 unspecified atom stereocenters. The second-order valence-corrected chi connectivity index (χ2v) is 6.09. The predicted molar refractivity (Wildman–Crippen MR) is 90.1 cm³/mol. The van der Waals surface area contributed by atoms with E-state index in [9.17, 15) is 0 Å². The van der Waals surface area contributed by atoms with Gasteiger partial charge in [0.1, 0.15) is 0 Å². The van der Waals surface area contributed by atoms with E-state index in [-0.39, 0.29) is 6.04 Å². The molecule has 0 aliphatic carbocycles. The van der Waals surface area contributed by atoms with E-state index < -0.39 is 0 Å². The second-order valence-electron chi connectivity index (χ2n) is 5.23. The van der Waals surface area contributed by atoms with Gasteiger partial charge in [0, 0.05) is 16.7 Å². The number of hydrogen-bond acceptors (Lipinski definition) is 2. The summed E-state index contributed by atoms with van der Waals surface area (Å²) < 4.78 is 1.05. The van der Waals surface area contributed by atoms with Crippen LogP contribution < -0.4 is 11.1 Å². The van der Waals surface area contributed by atoms with Gasteiger partial charge in [0.2, 0.25) is 0 Å². The first kappa shape index (κ1) is 15.1. The third kappa shape index (κ3) is 3.62. The van der Waals surface area contributed by atoms with Crippen LogP contribution in [0.2, 0.25) is 0 Å². The van der Waals surface area contributed by atoms with Gasteiger partial charge in [0.15, 0.2) is 0 Å². The van der Waals surface area contributed by atoms with Crippen molar-refractivity contribution in [2.45, 2.75) is 25.8 Å². The molecule has 2 aromatic rings. The Balaban J connectivity index is 2.18. The minimum atomic E-state index is 0.120. The molecule has 0 aromatic heterocycles. The van der Waals surface area contributed by atoms with Crippen LogP contribution in [0.5, 0.6) is 0 Å². The number of rotatable bonds is 5. The number of hydrogen-bond donors (Lipinski definition) is 2. The quantitative estimate of drug-likeness (QED) is 0.833. The van der Waals surface area contributed by atoms with Crippen molar-refractivity contribution in [1.29, 1.82) is 0 Å². The molecule has 0 aliphatic heterocycles. The molecular formula is C17H21BrN2. The Morgan fingerprint density at radius 2 is 1.60 bits per heavy atom. The van der Waals surface area contributed by atoms with Crippen molar-refractivity contribution in [3.63, 3.8) is 0 Å². The maximum Gasteiger partial charge on any atom is 0.0636 e. The van der Waals surface area contributed by atoms with Gasteiger partial charge in [-0.1, -0.05) is 50.2 Å². The topological polar surface area (TPSA) is 38.0 Å². The number of anilines is 1. The third-order valence-electron chi connectivity index (χ3n) is 3.44. The lowest BCUT2D eigenvalue weighted by Crippen LogP contribution is -2.20. The Labute approximate surface area is 129 Å². The monoisotopic (exact) mass is 332 g/mol. The van der Waals surface area contributed by atoms with Gasteiger partial charge >= 0.3 is 0 Å². The van der Waals surface area contributed by atoms with Gasteiger partial charge in [-0.2, -0.15) is 0 Å². The summed E-state index contributed by atoms with van der Waals surface area (Å²) in [4.78, 5) is 0. The fourth-order valence-electron chi connectivity index (χ4n) is 2.16. The third-order valence-corrected chi connectivity index (χ3v) is 4.14. The lowest BCUT2D eigenvalue weighted by molar-refractivity contribution is 0.785. The molecule has 2 nitrogen and oxygen atoms in total. The number of para-hydroxylation sites is 1. The highest BCUT2D eigenvalue weighted by molar-refractivity contribution is 9.10. The highest BCUT2D eigenvalue weighted by atomic mass is 79.9. The number of benzene rings is 2. The Morgan fingerprint density at radius 3 is 2.15 bits per heavy atom. The molecule has 3 N–H and O–H groups in total. The molecule has 0 radical (unpaired) electrons. The van der Waals surface area contributed by atoms with Gasteiger partial charge in [-0.15, -0.1) is 0 Å². The molecule has 2 rings (SSSR count). The normalized spacial score (nSPS) is 12.4. The Morgan fingerprint density at radius 1 is 1.00 bits per heavy atom. The van der Waals surface area contributed by atoms with Crippen LogP contribution in [0, 0.1) is 0 Å². The van der Waals surface area contributed by atoms with Crippen LogP contribution in [0.4, 0.5) is 5.69 Å². The van der Waals surface area contributed by atoms with Gasteiger partial charge in [-0.3, -0.25) is 0 Å². The van der Waals surface area contributed by atoms with E-state index in [2.05, 4.69) is 65.4 Å². The average molecular weight is 333 g/mol. The van der Waals surface area contributed by atoms with Gasteiger partial charge < -0.3 is 11.1 Å². The number of halogens is 1. The molecule has 0 heterocycles. The molecular weight excluding hydrogens is 312 g/mol. The SMILES string of the molecule is CC(C)c1ccc(C(CN)Nc2ccccc2Br)cc1. The summed E-state index contributed by atoms with van der Waals surface area (Å²) in [6.45, 7) is 4.96. The highest BCUT2D eigenvalue weighted by Crippen LogP contribution is 2.26. The summed E-state index contributed by atoms with van der Waals surface area (Å²) in [6, 6.07) is 16.9. The van der Waals surface area contributed by atoms with Crippen LogP contribution in [0.25, 0.3) is 0 Å². The zero-order chi connectivity index (χ0) is 14.5.